The average Bonchev–Trinajstić information content (AvgIpc) is 2.74. The maximum absolute atomic E-state index is 12.7. The van der Waals surface area contributed by atoms with E-state index in [9.17, 15) is 4.79 Å². The molecule has 8 nitrogen and oxygen atoms in total. The number of nitrogens with one attached hydrogen (secondary N) is 1. The Balaban J connectivity index is 1.56. The minimum absolute atomic E-state index is 0.0920. The maximum atomic E-state index is 12.7. The summed E-state index contributed by atoms with van der Waals surface area (Å²) in [6.07, 6.45) is 0. The van der Waals surface area contributed by atoms with E-state index < -0.39 is 0 Å². The van der Waals surface area contributed by atoms with Gasteiger partial charge in [0.1, 0.15) is 11.6 Å². The van der Waals surface area contributed by atoms with Crippen molar-refractivity contribution in [2.45, 2.75) is 0 Å². The van der Waals surface area contributed by atoms with E-state index >= 15 is 0 Å². The van der Waals surface area contributed by atoms with Gasteiger partial charge in [-0.25, -0.2) is 0 Å². The predicted octanol–water partition coefficient (Wildman–Crippen LogP) is 1.51. The van der Waals surface area contributed by atoms with Crippen LogP contribution in [0.4, 0.5) is 11.5 Å². The minimum atomic E-state index is -0.0920. The zero-order valence-electron chi connectivity index (χ0n) is 15.7. The van der Waals surface area contributed by atoms with Crippen molar-refractivity contribution in [3.63, 3.8) is 0 Å². The van der Waals surface area contributed by atoms with E-state index in [0.717, 1.165) is 24.5 Å². The summed E-state index contributed by atoms with van der Waals surface area (Å²) in [7, 11) is 3.31. The highest BCUT2D eigenvalue weighted by Gasteiger charge is 2.24. The molecule has 0 aliphatic carbocycles. The molecule has 1 aliphatic heterocycles. The first kappa shape index (κ1) is 18.9. The summed E-state index contributed by atoms with van der Waals surface area (Å²) < 4.78 is 10.4. The first-order valence-electron chi connectivity index (χ1n) is 8.96. The van der Waals surface area contributed by atoms with Gasteiger partial charge in [0.05, 0.1) is 19.4 Å². The quantitative estimate of drug-likeness (QED) is 0.739. The molecule has 0 spiro atoms. The van der Waals surface area contributed by atoms with Crippen molar-refractivity contribution in [1.29, 1.82) is 0 Å². The Kier molecular flexibility index (Phi) is 6.43. The Hall–Kier alpha value is -2.87. The predicted molar refractivity (Wildman–Crippen MR) is 104 cm³/mol. The van der Waals surface area contributed by atoms with E-state index in [0.29, 0.717) is 37.8 Å². The maximum Gasteiger partial charge on any atom is 0.274 e. The van der Waals surface area contributed by atoms with Crippen molar-refractivity contribution >= 4 is 17.4 Å². The Morgan fingerprint density at radius 3 is 2.52 bits per heavy atom. The number of piperazine rings is 1. The lowest BCUT2D eigenvalue weighted by Crippen LogP contribution is -2.49. The van der Waals surface area contributed by atoms with Gasteiger partial charge in [-0.2, -0.15) is 0 Å². The van der Waals surface area contributed by atoms with Gasteiger partial charge in [0.25, 0.3) is 5.91 Å². The molecule has 1 amide bonds. The summed E-state index contributed by atoms with van der Waals surface area (Å²) in [5.41, 5.74) is 1.41. The molecule has 0 radical (unpaired) electrons. The lowest BCUT2D eigenvalue weighted by Gasteiger charge is -2.36. The Morgan fingerprint density at radius 1 is 1.07 bits per heavy atom. The number of benzene rings is 1. The standard InChI is InChI=1S/C19H25N5O3/c1-26-14-9-20-18-8-7-15(21-22-18)19(25)24-12-10-23(11-13-24)16-5-3-4-6-17(16)27-2/h3-8H,9-14H2,1-2H3,(H,20,22). The number of ether oxygens (including phenoxy) is 2. The van der Waals surface area contributed by atoms with E-state index in [-0.39, 0.29) is 5.91 Å². The van der Waals surface area contributed by atoms with E-state index in [4.69, 9.17) is 9.47 Å². The summed E-state index contributed by atoms with van der Waals surface area (Å²) in [6.45, 7) is 3.98. The number of para-hydroxylation sites is 2. The Bertz CT molecular complexity index is 745. The number of hydrogen-bond acceptors (Lipinski definition) is 7. The van der Waals surface area contributed by atoms with E-state index in [1.165, 1.54) is 0 Å². The number of nitrogens with zero attached hydrogens (tertiary/aromatic N) is 4. The summed E-state index contributed by atoms with van der Waals surface area (Å²) in [5, 5.41) is 11.2. The lowest BCUT2D eigenvalue weighted by molar-refractivity contribution is 0.0739. The number of hydrogen-bond donors (Lipinski definition) is 1. The third-order valence-corrected chi connectivity index (χ3v) is 4.49. The largest absolute Gasteiger partial charge is 0.495 e. The second-order valence-electron chi connectivity index (χ2n) is 6.17. The Labute approximate surface area is 159 Å². The number of carbonyl (C=O) groups excluding carboxylic acids is 1. The summed E-state index contributed by atoms with van der Waals surface area (Å²) in [5.74, 6) is 1.38. The fourth-order valence-corrected chi connectivity index (χ4v) is 3.03. The van der Waals surface area contributed by atoms with Gasteiger partial charge < -0.3 is 24.6 Å². The van der Waals surface area contributed by atoms with Crippen LogP contribution in [0, 0.1) is 0 Å². The zero-order chi connectivity index (χ0) is 19.1. The van der Waals surface area contributed by atoms with Gasteiger partial charge >= 0.3 is 0 Å². The normalized spacial score (nSPS) is 14.1. The molecular formula is C19H25N5O3. The lowest BCUT2D eigenvalue weighted by atomic mass is 10.2. The van der Waals surface area contributed by atoms with Crippen LogP contribution in [-0.4, -0.2) is 74.6 Å². The summed E-state index contributed by atoms with van der Waals surface area (Å²) >= 11 is 0. The van der Waals surface area contributed by atoms with Gasteiger partial charge in [-0.1, -0.05) is 12.1 Å². The zero-order valence-corrected chi connectivity index (χ0v) is 15.7. The molecule has 27 heavy (non-hydrogen) atoms. The van der Waals surface area contributed by atoms with Crippen molar-refractivity contribution in [2.24, 2.45) is 0 Å². The molecule has 0 saturated carbocycles. The number of rotatable bonds is 7. The van der Waals surface area contributed by atoms with Crippen LogP contribution in [0.1, 0.15) is 10.5 Å². The first-order chi connectivity index (χ1) is 13.2. The minimum Gasteiger partial charge on any atom is -0.495 e. The summed E-state index contributed by atoms with van der Waals surface area (Å²) in [4.78, 5) is 16.7. The molecule has 2 heterocycles. The average molecular weight is 371 g/mol. The van der Waals surface area contributed by atoms with Crippen LogP contribution in [0.5, 0.6) is 5.75 Å². The number of anilines is 2. The molecule has 1 fully saturated rings. The fourth-order valence-electron chi connectivity index (χ4n) is 3.03. The van der Waals surface area contributed by atoms with Gasteiger partial charge in [0.15, 0.2) is 5.69 Å². The van der Waals surface area contributed by atoms with Crippen LogP contribution in [0.15, 0.2) is 36.4 Å². The second kappa shape index (κ2) is 9.18. The molecule has 0 bridgehead atoms. The number of methoxy groups -OCH3 is 2. The van der Waals surface area contributed by atoms with Crippen molar-refractivity contribution in [2.75, 3.05) is 63.8 Å². The SMILES string of the molecule is COCCNc1ccc(C(=O)N2CCN(c3ccccc3OC)CC2)nn1. The topological polar surface area (TPSA) is 79.8 Å². The highest BCUT2D eigenvalue weighted by atomic mass is 16.5. The molecule has 1 N–H and O–H groups in total. The van der Waals surface area contributed by atoms with Gasteiger partial charge in [0.2, 0.25) is 0 Å². The molecule has 1 saturated heterocycles. The van der Waals surface area contributed by atoms with E-state index in [1.54, 1.807) is 26.4 Å². The van der Waals surface area contributed by atoms with Crippen molar-refractivity contribution < 1.29 is 14.3 Å². The number of carbonyl (C=O) groups is 1. The van der Waals surface area contributed by atoms with Crippen molar-refractivity contribution in [1.82, 2.24) is 15.1 Å². The second-order valence-corrected chi connectivity index (χ2v) is 6.17. The summed E-state index contributed by atoms with van der Waals surface area (Å²) in [6, 6.07) is 11.4. The molecule has 1 aromatic carbocycles. The Morgan fingerprint density at radius 2 is 1.85 bits per heavy atom. The molecule has 1 aromatic heterocycles. The highest BCUT2D eigenvalue weighted by molar-refractivity contribution is 5.92. The molecule has 0 unspecified atom stereocenters. The van der Waals surface area contributed by atoms with E-state index in [2.05, 4.69) is 20.4 Å². The van der Waals surface area contributed by atoms with Crippen LogP contribution in [0.25, 0.3) is 0 Å². The van der Waals surface area contributed by atoms with Gasteiger partial charge in [-0.3, -0.25) is 4.79 Å². The van der Waals surface area contributed by atoms with Crippen LogP contribution < -0.4 is 15.0 Å². The molecule has 3 rings (SSSR count). The molecule has 144 valence electrons. The highest BCUT2D eigenvalue weighted by Crippen LogP contribution is 2.28. The third kappa shape index (κ3) is 4.65. The molecule has 1 aliphatic rings. The van der Waals surface area contributed by atoms with Gasteiger partial charge in [0, 0.05) is 39.8 Å². The molecule has 2 aromatic rings. The molecular weight excluding hydrogens is 346 g/mol. The van der Waals surface area contributed by atoms with Gasteiger partial charge in [-0.15, -0.1) is 10.2 Å². The van der Waals surface area contributed by atoms with Crippen LogP contribution in [0.3, 0.4) is 0 Å². The number of amides is 1. The van der Waals surface area contributed by atoms with Crippen LogP contribution in [-0.2, 0) is 4.74 Å². The van der Waals surface area contributed by atoms with Crippen molar-refractivity contribution in [3.05, 3.63) is 42.1 Å². The fraction of sp³-hybridized carbons (Fsp3) is 0.421. The molecule has 0 atom stereocenters. The van der Waals surface area contributed by atoms with Gasteiger partial charge in [-0.05, 0) is 24.3 Å². The van der Waals surface area contributed by atoms with E-state index in [1.807, 2.05) is 29.2 Å². The smallest absolute Gasteiger partial charge is 0.274 e. The molecule has 8 heteroatoms. The van der Waals surface area contributed by atoms with Crippen LogP contribution >= 0.6 is 0 Å². The third-order valence-electron chi connectivity index (χ3n) is 4.49. The first-order valence-corrected chi connectivity index (χ1v) is 8.96. The number of aromatic nitrogens is 2. The van der Waals surface area contributed by atoms with Crippen molar-refractivity contribution in [3.8, 4) is 5.75 Å². The van der Waals surface area contributed by atoms with Crippen LogP contribution in [0.2, 0.25) is 0 Å². The monoisotopic (exact) mass is 371 g/mol.